The van der Waals surface area contributed by atoms with Crippen molar-refractivity contribution in [2.45, 2.75) is 169 Å². The lowest BCUT2D eigenvalue weighted by atomic mass is 9.70. The molecule has 3 fully saturated rings. The Morgan fingerprint density at radius 2 is 1.07 bits per heavy atom. The van der Waals surface area contributed by atoms with Crippen molar-refractivity contribution in [3.63, 3.8) is 0 Å². The van der Waals surface area contributed by atoms with Gasteiger partial charge in [0.15, 0.2) is 0 Å². The molecule has 2 aliphatic heterocycles. The van der Waals surface area contributed by atoms with Gasteiger partial charge in [-0.1, -0.05) is 125 Å². The molecule has 0 bridgehead atoms. The molecule has 6 nitrogen and oxygen atoms in total. The van der Waals surface area contributed by atoms with Crippen molar-refractivity contribution in [1.82, 2.24) is 9.80 Å². The standard InChI is InChI=1S/C36H62N2O4/c1-6-10-11-12-15-18-21-24-37-32(39)28-25-30-31(26-29(28)33(37)40)35(42)38(34(30)41)36(8-3,9-4)23-20-17-14-13-16-19-22-27(5)7-2/h27-31H,6-26H2,1-5H3. The van der Waals surface area contributed by atoms with Crippen LogP contribution in [0.1, 0.15) is 163 Å². The van der Waals surface area contributed by atoms with Crippen LogP contribution in [0.4, 0.5) is 0 Å². The van der Waals surface area contributed by atoms with Crippen LogP contribution in [0.15, 0.2) is 0 Å². The molecule has 3 aliphatic rings. The number of unbranched alkanes of at least 4 members (excludes halogenated alkanes) is 11. The normalized spacial score (nSPS) is 25.0. The molecular weight excluding hydrogens is 524 g/mol. The third kappa shape index (κ3) is 8.05. The molecule has 0 spiro atoms. The van der Waals surface area contributed by atoms with Crippen LogP contribution in [0.25, 0.3) is 0 Å². The Balaban J connectivity index is 1.53. The number of carbonyl (C=O) groups is 4. The van der Waals surface area contributed by atoms with Crippen LogP contribution in [0, 0.1) is 29.6 Å². The first-order valence-electron chi connectivity index (χ1n) is 18.0. The average molecular weight is 587 g/mol. The summed E-state index contributed by atoms with van der Waals surface area (Å²) in [5.41, 5.74) is -0.450. The molecule has 3 rings (SSSR count). The molecule has 1 aliphatic carbocycles. The number of fused-ring (bicyclic) bond motifs is 2. The Labute approximate surface area is 257 Å². The molecule has 5 atom stereocenters. The monoisotopic (exact) mass is 586 g/mol. The molecule has 42 heavy (non-hydrogen) atoms. The predicted molar refractivity (Wildman–Crippen MR) is 169 cm³/mol. The number of imide groups is 2. The summed E-state index contributed by atoms with van der Waals surface area (Å²) in [5, 5.41) is 0. The first-order valence-corrected chi connectivity index (χ1v) is 18.0. The van der Waals surface area contributed by atoms with Crippen molar-refractivity contribution in [3.8, 4) is 0 Å². The first kappa shape index (κ1) is 34.8. The largest absolute Gasteiger partial charge is 0.282 e. The summed E-state index contributed by atoms with van der Waals surface area (Å²) in [4.78, 5) is 57.5. The molecule has 2 saturated heterocycles. The Morgan fingerprint density at radius 3 is 1.57 bits per heavy atom. The minimum atomic E-state index is -0.450. The predicted octanol–water partition coefficient (Wildman–Crippen LogP) is 8.46. The minimum Gasteiger partial charge on any atom is -0.282 e. The molecule has 0 aromatic carbocycles. The number of amides is 4. The van der Waals surface area contributed by atoms with Crippen LogP contribution in [-0.2, 0) is 19.2 Å². The number of hydrogen-bond donors (Lipinski definition) is 0. The zero-order valence-electron chi connectivity index (χ0n) is 27.8. The van der Waals surface area contributed by atoms with Gasteiger partial charge in [0.1, 0.15) is 0 Å². The van der Waals surface area contributed by atoms with Crippen LogP contribution in [0.5, 0.6) is 0 Å². The Morgan fingerprint density at radius 1 is 0.619 bits per heavy atom. The second-order valence-electron chi connectivity index (χ2n) is 14.0. The smallest absolute Gasteiger partial charge is 0.233 e. The van der Waals surface area contributed by atoms with E-state index in [0.717, 1.165) is 57.3 Å². The van der Waals surface area contributed by atoms with E-state index in [1.807, 2.05) is 0 Å². The lowest BCUT2D eigenvalue weighted by molar-refractivity contribution is -0.148. The fourth-order valence-corrected chi connectivity index (χ4v) is 8.05. The summed E-state index contributed by atoms with van der Waals surface area (Å²) in [6.07, 6.45) is 20.8. The van der Waals surface area contributed by atoms with Gasteiger partial charge in [-0.2, -0.15) is 0 Å². The van der Waals surface area contributed by atoms with Crippen molar-refractivity contribution in [2.24, 2.45) is 29.6 Å². The highest BCUT2D eigenvalue weighted by Gasteiger charge is 2.61. The van der Waals surface area contributed by atoms with Crippen molar-refractivity contribution in [1.29, 1.82) is 0 Å². The molecule has 6 heteroatoms. The van der Waals surface area contributed by atoms with Gasteiger partial charge >= 0.3 is 0 Å². The van der Waals surface area contributed by atoms with Gasteiger partial charge in [-0.25, -0.2) is 0 Å². The lowest BCUT2D eigenvalue weighted by Crippen LogP contribution is -2.51. The maximum absolute atomic E-state index is 13.9. The Kier molecular flexibility index (Phi) is 14.0. The fraction of sp³-hybridized carbons (Fsp3) is 0.889. The number of nitrogens with zero attached hydrogens (tertiary/aromatic N) is 2. The van der Waals surface area contributed by atoms with E-state index in [9.17, 15) is 19.2 Å². The third-order valence-electron chi connectivity index (χ3n) is 11.3. The van der Waals surface area contributed by atoms with E-state index in [4.69, 9.17) is 0 Å². The quantitative estimate of drug-likeness (QED) is 0.0999. The topological polar surface area (TPSA) is 74.8 Å². The molecule has 240 valence electrons. The van der Waals surface area contributed by atoms with Gasteiger partial charge in [-0.05, 0) is 44.4 Å². The lowest BCUT2D eigenvalue weighted by Gasteiger charge is -2.40. The zero-order chi connectivity index (χ0) is 30.7. The van der Waals surface area contributed by atoms with Crippen molar-refractivity contribution in [2.75, 3.05) is 6.54 Å². The van der Waals surface area contributed by atoms with Crippen molar-refractivity contribution >= 4 is 23.6 Å². The Hall–Kier alpha value is -1.72. The van der Waals surface area contributed by atoms with Gasteiger partial charge in [-0.15, -0.1) is 0 Å². The maximum Gasteiger partial charge on any atom is 0.233 e. The van der Waals surface area contributed by atoms with Crippen LogP contribution >= 0.6 is 0 Å². The van der Waals surface area contributed by atoms with E-state index < -0.39 is 29.2 Å². The number of likely N-dealkylation sites (tertiary alicyclic amines) is 2. The number of carbonyl (C=O) groups excluding carboxylic acids is 4. The third-order valence-corrected chi connectivity index (χ3v) is 11.3. The highest BCUT2D eigenvalue weighted by atomic mass is 16.2. The van der Waals surface area contributed by atoms with E-state index in [1.54, 1.807) is 4.90 Å². The molecule has 0 N–H and O–H groups in total. The molecular formula is C36H62N2O4. The maximum atomic E-state index is 13.9. The highest BCUT2D eigenvalue weighted by Crippen LogP contribution is 2.50. The summed E-state index contributed by atoms with van der Waals surface area (Å²) in [6, 6.07) is 0. The van der Waals surface area contributed by atoms with Crippen molar-refractivity contribution < 1.29 is 19.2 Å². The summed E-state index contributed by atoms with van der Waals surface area (Å²) >= 11 is 0. The van der Waals surface area contributed by atoms with Gasteiger partial charge in [0, 0.05) is 6.54 Å². The second-order valence-corrected chi connectivity index (χ2v) is 14.0. The highest BCUT2D eigenvalue weighted by molar-refractivity contribution is 6.09. The van der Waals surface area contributed by atoms with E-state index in [1.165, 1.54) is 69.1 Å². The van der Waals surface area contributed by atoms with E-state index in [0.29, 0.717) is 19.4 Å². The summed E-state index contributed by atoms with van der Waals surface area (Å²) in [5.74, 6) is -1.30. The molecule has 4 amide bonds. The van der Waals surface area contributed by atoms with Gasteiger partial charge < -0.3 is 0 Å². The molecule has 0 aromatic heterocycles. The van der Waals surface area contributed by atoms with E-state index in [2.05, 4.69) is 34.6 Å². The van der Waals surface area contributed by atoms with Crippen LogP contribution in [0.2, 0.25) is 0 Å². The van der Waals surface area contributed by atoms with Gasteiger partial charge in [-0.3, -0.25) is 29.0 Å². The van der Waals surface area contributed by atoms with E-state index >= 15 is 0 Å². The molecule has 0 radical (unpaired) electrons. The summed E-state index contributed by atoms with van der Waals surface area (Å²) < 4.78 is 0. The van der Waals surface area contributed by atoms with Gasteiger partial charge in [0.25, 0.3) is 0 Å². The average Bonchev–Trinajstić information content (AvgIpc) is 3.39. The van der Waals surface area contributed by atoms with Gasteiger partial charge in [0.2, 0.25) is 23.6 Å². The van der Waals surface area contributed by atoms with Crippen LogP contribution < -0.4 is 0 Å². The summed E-state index contributed by atoms with van der Waals surface area (Å²) in [6.45, 7) is 11.5. The molecule has 5 unspecified atom stereocenters. The van der Waals surface area contributed by atoms with Crippen LogP contribution in [-0.4, -0.2) is 45.5 Å². The second kappa shape index (κ2) is 16.9. The van der Waals surface area contributed by atoms with Crippen molar-refractivity contribution in [3.05, 3.63) is 0 Å². The summed E-state index contributed by atoms with van der Waals surface area (Å²) in [7, 11) is 0. The minimum absolute atomic E-state index is 0.0806. The number of hydrogen-bond acceptors (Lipinski definition) is 4. The molecule has 2 heterocycles. The molecule has 1 saturated carbocycles. The molecule has 0 aromatic rings. The van der Waals surface area contributed by atoms with Gasteiger partial charge in [0.05, 0.1) is 29.2 Å². The zero-order valence-corrected chi connectivity index (χ0v) is 27.8. The first-order chi connectivity index (χ1) is 20.3. The SMILES string of the molecule is CCCCCCCCCN1C(=O)C2CC3C(=O)N(C(CC)(CC)CCCCCCCCC(C)CC)C(=O)C3CC2C1=O. The fourth-order valence-electron chi connectivity index (χ4n) is 8.05. The number of rotatable bonds is 21. The van der Waals surface area contributed by atoms with E-state index in [-0.39, 0.29) is 23.6 Å². The Bertz CT molecular complexity index is 855. The van der Waals surface area contributed by atoms with Crippen LogP contribution in [0.3, 0.4) is 0 Å².